The Morgan fingerprint density at radius 3 is 2.94 bits per heavy atom. The molecule has 0 aliphatic carbocycles. The van der Waals surface area contributed by atoms with Crippen molar-refractivity contribution in [1.29, 1.82) is 0 Å². The summed E-state index contributed by atoms with van der Waals surface area (Å²) in [7, 11) is 0. The molecule has 1 aliphatic heterocycles. The fraction of sp³-hybridized carbons (Fsp3) is 0.500. The van der Waals surface area contributed by atoms with E-state index in [0.29, 0.717) is 24.5 Å². The molecule has 1 heterocycles. The van der Waals surface area contributed by atoms with Gasteiger partial charge in [0.15, 0.2) is 5.78 Å². The molecule has 0 radical (unpaired) electrons. The van der Waals surface area contributed by atoms with Gasteiger partial charge < -0.3 is 9.47 Å². The summed E-state index contributed by atoms with van der Waals surface area (Å²) >= 11 is 3.40. The number of carbonyl (C=O) groups excluding carboxylic acids is 1. The van der Waals surface area contributed by atoms with Gasteiger partial charge in [-0.1, -0.05) is 15.9 Å². The Kier molecular flexibility index (Phi) is 4.40. The van der Waals surface area contributed by atoms with Gasteiger partial charge in [-0.05, 0) is 38.5 Å². The zero-order valence-corrected chi connectivity index (χ0v) is 12.2. The minimum atomic E-state index is -0.0477. The smallest absolute Gasteiger partial charge is 0.172 e. The molecule has 4 heteroatoms. The molecule has 1 saturated heterocycles. The summed E-state index contributed by atoms with van der Waals surface area (Å²) in [6, 6.07) is 5.55. The van der Waals surface area contributed by atoms with Crippen molar-refractivity contribution in [2.24, 2.45) is 5.92 Å². The summed E-state index contributed by atoms with van der Waals surface area (Å²) in [6.07, 6.45) is 0.957. The van der Waals surface area contributed by atoms with Crippen LogP contribution < -0.4 is 4.74 Å². The number of halogens is 1. The largest absolute Gasteiger partial charge is 0.493 e. The van der Waals surface area contributed by atoms with E-state index in [9.17, 15) is 4.79 Å². The van der Waals surface area contributed by atoms with Crippen molar-refractivity contribution in [1.82, 2.24) is 0 Å². The van der Waals surface area contributed by atoms with Crippen molar-refractivity contribution in [3.63, 3.8) is 0 Å². The van der Waals surface area contributed by atoms with Gasteiger partial charge >= 0.3 is 0 Å². The molecule has 18 heavy (non-hydrogen) atoms. The first-order chi connectivity index (χ1) is 8.61. The molecule has 1 aliphatic rings. The van der Waals surface area contributed by atoms with Crippen LogP contribution in [0.5, 0.6) is 5.75 Å². The molecule has 0 N–H and O–H groups in total. The SMILES string of the molecule is CCOc1ccc(Br)cc1C(=O)C1COC(C)C1. The van der Waals surface area contributed by atoms with Gasteiger partial charge in [-0.3, -0.25) is 4.79 Å². The Bertz CT molecular complexity index is 445. The van der Waals surface area contributed by atoms with Crippen molar-refractivity contribution in [3.8, 4) is 5.75 Å². The van der Waals surface area contributed by atoms with E-state index in [1.807, 2.05) is 32.0 Å². The molecule has 0 amide bonds. The highest BCUT2D eigenvalue weighted by Gasteiger charge is 2.30. The molecule has 0 saturated carbocycles. The second kappa shape index (κ2) is 5.85. The fourth-order valence-electron chi connectivity index (χ4n) is 2.20. The van der Waals surface area contributed by atoms with E-state index in [1.54, 1.807) is 0 Å². The molecule has 2 rings (SSSR count). The topological polar surface area (TPSA) is 35.5 Å². The predicted octanol–water partition coefficient (Wildman–Crippen LogP) is 3.46. The van der Waals surface area contributed by atoms with E-state index in [-0.39, 0.29) is 17.8 Å². The van der Waals surface area contributed by atoms with Crippen LogP contribution in [-0.2, 0) is 4.74 Å². The molecule has 98 valence electrons. The third-order valence-corrected chi connectivity index (χ3v) is 3.57. The quantitative estimate of drug-likeness (QED) is 0.799. The van der Waals surface area contributed by atoms with Crippen LogP contribution in [0, 0.1) is 5.92 Å². The molecule has 3 nitrogen and oxygen atoms in total. The van der Waals surface area contributed by atoms with Crippen LogP contribution in [-0.4, -0.2) is 25.1 Å². The van der Waals surface area contributed by atoms with E-state index in [1.165, 1.54) is 0 Å². The average Bonchev–Trinajstić information content (AvgIpc) is 2.77. The average molecular weight is 313 g/mol. The number of hydrogen-bond donors (Lipinski definition) is 0. The maximum atomic E-state index is 12.5. The first-order valence-electron chi connectivity index (χ1n) is 6.20. The third kappa shape index (κ3) is 2.93. The third-order valence-electron chi connectivity index (χ3n) is 3.08. The van der Waals surface area contributed by atoms with Crippen molar-refractivity contribution in [2.75, 3.05) is 13.2 Å². The van der Waals surface area contributed by atoms with Crippen LogP contribution in [0.15, 0.2) is 22.7 Å². The number of ether oxygens (including phenoxy) is 2. The summed E-state index contributed by atoms with van der Waals surface area (Å²) < 4.78 is 11.9. The molecule has 2 atom stereocenters. The molecule has 2 unspecified atom stereocenters. The maximum Gasteiger partial charge on any atom is 0.172 e. The summed E-state index contributed by atoms with van der Waals surface area (Å²) in [5, 5.41) is 0. The van der Waals surface area contributed by atoms with E-state index in [4.69, 9.17) is 9.47 Å². The van der Waals surface area contributed by atoms with Gasteiger partial charge in [0.1, 0.15) is 5.75 Å². The van der Waals surface area contributed by atoms with Crippen LogP contribution in [0.4, 0.5) is 0 Å². The summed E-state index contributed by atoms with van der Waals surface area (Å²) in [4.78, 5) is 12.5. The lowest BCUT2D eigenvalue weighted by atomic mass is 9.95. The number of Topliss-reactive ketones (excluding diaryl/α,β-unsaturated/α-hetero) is 1. The van der Waals surface area contributed by atoms with E-state index < -0.39 is 0 Å². The number of carbonyl (C=O) groups is 1. The summed E-state index contributed by atoms with van der Waals surface area (Å²) in [6.45, 7) is 4.98. The maximum absolute atomic E-state index is 12.5. The molecule has 0 bridgehead atoms. The zero-order chi connectivity index (χ0) is 13.1. The van der Waals surface area contributed by atoms with E-state index in [0.717, 1.165) is 10.9 Å². The Morgan fingerprint density at radius 2 is 2.33 bits per heavy atom. The lowest BCUT2D eigenvalue weighted by Gasteiger charge is -2.12. The highest BCUT2D eigenvalue weighted by molar-refractivity contribution is 9.10. The molecule has 0 aromatic heterocycles. The van der Waals surface area contributed by atoms with Gasteiger partial charge in [-0.2, -0.15) is 0 Å². The molecule has 0 spiro atoms. The van der Waals surface area contributed by atoms with Gasteiger partial charge in [0, 0.05) is 10.4 Å². The van der Waals surface area contributed by atoms with Crippen LogP contribution in [0.3, 0.4) is 0 Å². The second-order valence-corrected chi connectivity index (χ2v) is 5.43. The fourth-order valence-corrected chi connectivity index (χ4v) is 2.56. The van der Waals surface area contributed by atoms with Gasteiger partial charge in [0.2, 0.25) is 0 Å². The van der Waals surface area contributed by atoms with Crippen LogP contribution in [0.2, 0.25) is 0 Å². The standard InChI is InChI=1S/C14H17BrO3/c1-3-17-13-5-4-11(15)7-12(13)14(16)10-6-9(2)18-8-10/h4-5,7,9-10H,3,6,8H2,1-2H3. The van der Waals surface area contributed by atoms with Gasteiger partial charge in [0.05, 0.1) is 24.9 Å². The predicted molar refractivity (Wildman–Crippen MR) is 73.2 cm³/mol. The van der Waals surface area contributed by atoms with Gasteiger partial charge in [0.25, 0.3) is 0 Å². The Hall–Kier alpha value is -0.870. The molecule has 1 aromatic carbocycles. The number of benzene rings is 1. The number of rotatable bonds is 4. The van der Waals surface area contributed by atoms with Crippen molar-refractivity contribution in [3.05, 3.63) is 28.2 Å². The zero-order valence-electron chi connectivity index (χ0n) is 10.6. The van der Waals surface area contributed by atoms with Crippen LogP contribution in [0.25, 0.3) is 0 Å². The molecule has 1 fully saturated rings. The molecular weight excluding hydrogens is 296 g/mol. The highest BCUT2D eigenvalue weighted by Crippen LogP contribution is 2.29. The summed E-state index contributed by atoms with van der Waals surface area (Å²) in [5.74, 6) is 0.725. The highest BCUT2D eigenvalue weighted by atomic mass is 79.9. The number of ketones is 1. The minimum Gasteiger partial charge on any atom is -0.493 e. The Morgan fingerprint density at radius 1 is 1.56 bits per heavy atom. The molecular formula is C14H17BrO3. The normalized spacial score (nSPS) is 23.1. The summed E-state index contributed by atoms with van der Waals surface area (Å²) in [5.41, 5.74) is 0.647. The number of hydrogen-bond acceptors (Lipinski definition) is 3. The first-order valence-corrected chi connectivity index (χ1v) is 6.99. The van der Waals surface area contributed by atoms with E-state index in [2.05, 4.69) is 15.9 Å². The lowest BCUT2D eigenvalue weighted by Crippen LogP contribution is -2.16. The molecule has 1 aromatic rings. The first kappa shape index (κ1) is 13.6. The van der Waals surface area contributed by atoms with Crippen LogP contribution >= 0.6 is 15.9 Å². The van der Waals surface area contributed by atoms with Crippen molar-refractivity contribution >= 4 is 21.7 Å². The van der Waals surface area contributed by atoms with Crippen molar-refractivity contribution in [2.45, 2.75) is 26.4 Å². The Labute approximate surface area is 116 Å². The van der Waals surface area contributed by atoms with Crippen LogP contribution in [0.1, 0.15) is 30.6 Å². The van der Waals surface area contributed by atoms with Crippen molar-refractivity contribution < 1.29 is 14.3 Å². The lowest BCUT2D eigenvalue weighted by molar-refractivity contribution is 0.0874. The van der Waals surface area contributed by atoms with Gasteiger partial charge in [-0.25, -0.2) is 0 Å². The minimum absolute atomic E-state index is 0.0477. The monoisotopic (exact) mass is 312 g/mol. The Balaban J connectivity index is 2.25. The van der Waals surface area contributed by atoms with Gasteiger partial charge in [-0.15, -0.1) is 0 Å². The van der Waals surface area contributed by atoms with E-state index >= 15 is 0 Å². The second-order valence-electron chi connectivity index (χ2n) is 4.51.